The fourth-order valence-electron chi connectivity index (χ4n) is 3.62. The quantitative estimate of drug-likeness (QED) is 0.726. The highest BCUT2D eigenvalue weighted by atomic mass is 35.5. The average molecular weight is 451 g/mol. The molecule has 1 aliphatic rings. The number of sulfonamides is 1. The van der Waals surface area contributed by atoms with E-state index in [1.165, 1.54) is 22.5 Å². The van der Waals surface area contributed by atoms with E-state index >= 15 is 0 Å². The number of nitrogens with one attached hydrogen (secondary N) is 1. The number of anilines is 1. The Kier molecular flexibility index (Phi) is 6.87. The first-order valence-electron chi connectivity index (χ1n) is 9.95. The lowest BCUT2D eigenvalue weighted by Gasteiger charge is -2.34. The van der Waals surface area contributed by atoms with Gasteiger partial charge in [0.05, 0.1) is 17.2 Å². The molecular formula is C22H27ClN2O4S. The zero-order valence-corrected chi connectivity index (χ0v) is 19.1. The third-order valence-electron chi connectivity index (χ3n) is 5.03. The van der Waals surface area contributed by atoms with Crippen LogP contribution in [0.3, 0.4) is 0 Å². The largest absolute Gasteiger partial charge is 0.373 e. The second kappa shape index (κ2) is 9.06. The summed E-state index contributed by atoms with van der Waals surface area (Å²) in [6, 6.07) is 11.9. The Bertz CT molecular complexity index is 1030. The molecule has 1 aliphatic heterocycles. The van der Waals surface area contributed by atoms with Crippen LogP contribution in [0.1, 0.15) is 49.5 Å². The van der Waals surface area contributed by atoms with E-state index in [2.05, 4.69) is 5.32 Å². The van der Waals surface area contributed by atoms with Crippen molar-refractivity contribution in [2.45, 2.75) is 50.7 Å². The van der Waals surface area contributed by atoms with Gasteiger partial charge in [0.1, 0.15) is 4.90 Å². The lowest BCUT2D eigenvalue weighted by atomic mass is 10.0. The Hall–Kier alpha value is -1.93. The van der Waals surface area contributed by atoms with Crippen LogP contribution >= 0.6 is 11.6 Å². The van der Waals surface area contributed by atoms with Crippen molar-refractivity contribution < 1.29 is 17.9 Å². The Morgan fingerprint density at radius 3 is 2.40 bits per heavy atom. The third kappa shape index (κ3) is 4.86. The Morgan fingerprint density at radius 1 is 1.13 bits per heavy atom. The number of rotatable bonds is 5. The number of amides is 1. The molecule has 6 nitrogen and oxygen atoms in total. The van der Waals surface area contributed by atoms with Gasteiger partial charge in [-0.1, -0.05) is 43.6 Å². The minimum Gasteiger partial charge on any atom is -0.373 e. The van der Waals surface area contributed by atoms with Crippen molar-refractivity contribution in [1.29, 1.82) is 0 Å². The number of hydrogen-bond donors (Lipinski definition) is 1. The first-order chi connectivity index (χ1) is 14.1. The van der Waals surface area contributed by atoms with E-state index in [1.54, 1.807) is 0 Å². The molecule has 3 rings (SSSR count). The van der Waals surface area contributed by atoms with Gasteiger partial charge in [0, 0.05) is 24.3 Å². The van der Waals surface area contributed by atoms with Gasteiger partial charge in [-0.05, 0) is 49.6 Å². The second-order valence-corrected chi connectivity index (χ2v) is 10.2. The number of para-hydroxylation sites is 1. The van der Waals surface area contributed by atoms with E-state index in [1.807, 2.05) is 52.0 Å². The van der Waals surface area contributed by atoms with Gasteiger partial charge in [-0.15, -0.1) is 0 Å². The number of carbonyl (C=O) groups is 1. The molecule has 0 bridgehead atoms. The molecule has 0 spiro atoms. The third-order valence-corrected chi connectivity index (χ3v) is 7.34. The predicted octanol–water partition coefficient (Wildman–Crippen LogP) is 4.51. The average Bonchev–Trinajstić information content (AvgIpc) is 2.67. The Labute approximate surface area is 183 Å². The van der Waals surface area contributed by atoms with Crippen molar-refractivity contribution >= 4 is 33.2 Å². The van der Waals surface area contributed by atoms with Gasteiger partial charge in [-0.25, -0.2) is 8.42 Å². The maximum Gasteiger partial charge on any atom is 0.255 e. The van der Waals surface area contributed by atoms with Crippen LogP contribution < -0.4 is 5.32 Å². The molecule has 1 N–H and O–H groups in total. The number of benzene rings is 2. The zero-order valence-electron chi connectivity index (χ0n) is 17.6. The number of morpholine rings is 1. The van der Waals surface area contributed by atoms with Crippen LogP contribution in [0.2, 0.25) is 5.02 Å². The molecule has 2 atom stereocenters. The lowest BCUT2D eigenvalue weighted by Crippen LogP contribution is -2.48. The van der Waals surface area contributed by atoms with Crippen LogP contribution in [0.15, 0.2) is 47.4 Å². The molecule has 1 fully saturated rings. The van der Waals surface area contributed by atoms with Gasteiger partial charge in [0.25, 0.3) is 5.91 Å². The highest BCUT2D eigenvalue weighted by Gasteiger charge is 2.34. The molecule has 1 heterocycles. The van der Waals surface area contributed by atoms with Gasteiger partial charge in [-0.3, -0.25) is 4.79 Å². The second-order valence-electron chi connectivity index (χ2n) is 7.92. The first kappa shape index (κ1) is 22.7. The summed E-state index contributed by atoms with van der Waals surface area (Å²) in [4.78, 5) is 12.8. The van der Waals surface area contributed by atoms with Crippen molar-refractivity contribution in [2.75, 3.05) is 18.4 Å². The molecule has 0 saturated carbocycles. The molecule has 2 unspecified atom stereocenters. The number of nitrogens with zero attached hydrogens (tertiary/aromatic N) is 1. The highest BCUT2D eigenvalue weighted by Crippen LogP contribution is 2.29. The highest BCUT2D eigenvalue weighted by molar-refractivity contribution is 7.89. The monoisotopic (exact) mass is 450 g/mol. The minimum atomic E-state index is -3.87. The van der Waals surface area contributed by atoms with Gasteiger partial charge in [-0.2, -0.15) is 4.31 Å². The summed E-state index contributed by atoms with van der Waals surface area (Å²) in [6.45, 7) is 8.22. The molecule has 0 radical (unpaired) electrons. The number of ether oxygens (including phenoxy) is 1. The van der Waals surface area contributed by atoms with Gasteiger partial charge in [0.15, 0.2) is 0 Å². The molecule has 0 aliphatic carbocycles. The van der Waals surface area contributed by atoms with Crippen molar-refractivity contribution in [3.05, 3.63) is 58.6 Å². The SMILES string of the molecule is CC1CN(S(=O)(=O)c2cc(C(=O)Nc3ccccc3C(C)C)ccc2Cl)CC(C)O1. The summed E-state index contributed by atoms with van der Waals surface area (Å²) in [5.74, 6) is -0.159. The first-order valence-corrected chi connectivity index (χ1v) is 11.8. The maximum absolute atomic E-state index is 13.2. The molecule has 2 aromatic rings. The van der Waals surface area contributed by atoms with E-state index < -0.39 is 10.0 Å². The van der Waals surface area contributed by atoms with E-state index in [9.17, 15) is 13.2 Å². The van der Waals surface area contributed by atoms with Crippen LogP contribution in [0.4, 0.5) is 5.69 Å². The van der Waals surface area contributed by atoms with Crippen LogP contribution in [0.25, 0.3) is 0 Å². The molecule has 1 saturated heterocycles. The zero-order chi connectivity index (χ0) is 22.1. The summed E-state index contributed by atoms with van der Waals surface area (Å²) < 4.78 is 33.5. The van der Waals surface area contributed by atoms with Crippen LogP contribution in [-0.4, -0.2) is 43.9 Å². The van der Waals surface area contributed by atoms with Gasteiger partial charge in [0.2, 0.25) is 10.0 Å². The summed E-state index contributed by atoms with van der Waals surface area (Å²) >= 11 is 6.24. The molecule has 162 valence electrons. The Balaban J connectivity index is 1.91. The summed E-state index contributed by atoms with van der Waals surface area (Å²) in [5.41, 5.74) is 1.93. The summed E-state index contributed by atoms with van der Waals surface area (Å²) in [5, 5.41) is 2.97. The fraction of sp³-hybridized carbons (Fsp3) is 0.409. The number of halogens is 1. The predicted molar refractivity (Wildman–Crippen MR) is 119 cm³/mol. The Morgan fingerprint density at radius 2 is 1.77 bits per heavy atom. The molecule has 8 heteroatoms. The van der Waals surface area contributed by atoms with E-state index in [-0.39, 0.29) is 52.6 Å². The standard InChI is InChI=1S/C22H27ClN2O4S/c1-14(2)18-7-5-6-8-20(18)24-22(26)17-9-10-19(23)21(11-17)30(27,28)25-12-15(3)29-16(4)13-25/h5-11,14-16H,12-13H2,1-4H3,(H,24,26). The molecule has 30 heavy (non-hydrogen) atoms. The number of hydrogen-bond acceptors (Lipinski definition) is 4. The van der Waals surface area contributed by atoms with Crippen molar-refractivity contribution in [1.82, 2.24) is 4.31 Å². The van der Waals surface area contributed by atoms with Crippen molar-refractivity contribution in [2.24, 2.45) is 0 Å². The fourth-order valence-corrected chi connectivity index (χ4v) is 5.71. The smallest absolute Gasteiger partial charge is 0.255 e. The molecular weight excluding hydrogens is 424 g/mol. The molecule has 1 amide bonds. The number of carbonyl (C=O) groups excluding carboxylic acids is 1. The van der Waals surface area contributed by atoms with Crippen LogP contribution in [0, 0.1) is 0 Å². The maximum atomic E-state index is 13.2. The normalized spacial score (nSPS) is 20.3. The van der Waals surface area contributed by atoms with Crippen LogP contribution in [0.5, 0.6) is 0 Å². The van der Waals surface area contributed by atoms with Crippen molar-refractivity contribution in [3.63, 3.8) is 0 Å². The van der Waals surface area contributed by atoms with Crippen molar-refractivity contribution in [3.8, 4) is 0 Å². The summed E-state index contributed by atoms with van der Waals surface area (Å²) in [6.07, 6.45) is -0.442. The van der Waals surface area contributed by atoms with Gasteiger partial charge < -0.3 is 10.1 Å². The molecule has 0 aromatic heterocycles. The lowest BCUT2D eigenvalue weighted by molar-refractivity contribution is -0.0440. The minimum absolute atomic E-state index is 0.0738. The topological polar surface area (TPSA) is 75.7 Å². The summed E-state index contributed by atoms with van der Waals surface area (Å²) in [7, 11) is -3.87. The van der Waals surface area contributed by atoms with Gasteiger partial charge >= 0.3 is 0 Å². The van der Waals surface area contributed by atoms with E-state index in [0.717, 1.165) is 5.56 Å². The van der Waals surface area contributed by atoms with E-state index in [0.29, 0.717) is 5.69 Å². The van der Waals surface area contributed by atoms with E-state index in [4.69, 9.17) is 16.3 Å². The van der Waals surface area contributed by atoms with Crippen LogP contribution in [-0.2, 0) is 14.8 Å². The molecule has 2 aromatic carbocycles.